The number of aliphatic hydroxyl groups is 1. The van der Waals surface area contributed by atoms with E-state index in [1.54, 1.807) is 6.08 Å². The molecule has 2 nitrogen and oxygen atoms in total. The molecule has 0 aromatic carbocycles. The molecule has 1 N–H and O–H groups in total. The standard InChI is InChI=1S/C14H28O2Si/c1-5-14(16-17(2,3)4)13(15)11-12-9-7-6-8-10-12/h5,12-15H,1,6-11H2,2-4H3/t13-,14+/m1/s1. The highest BCUT2D eigenvalue weighted by Gasteiger charge is 2.27. The van der Waals surface area contributed by atoms with Crippen molar-refractivity contribution in [1.82, 2.24) is 0 Å². The van der Waals surface area contributed by atoms with E-state index in [-0.39, 0.29) is 12.2 Å². The highest BCUT2D eigenvalue weighted by atomic mass is 28.4. The molecule has 0 amide bonds. The second-order valence-corrected chi connectivity index (χ2v) is 10.7. The van der Waals surface area contributed by atoms with E-state index in [0.717, 1.165) is 6.42 Å². The van der Waals surface area contributed by atoms with Crippen LogP contribution >= 0.6 is 0 Å². The first-order chi connectivity index (χ1) is 7.92. The zero-order valence-corrected chi connectivity index (χ0v) is 12.6. The normalized spacial score (nSPS) is 22.1. The van der Waals surface area contributed by atoms with Crippen molar-refractivity contribution in [1.29, 1.82) is 0 Å². The molecule has 3 heteroatoms. The van der Waals surface area contributed by atoms with E-state index in [4.69, 9.17) is 4.43 Å². The smallest absolute Gasteiger partial charge is 0.184 e. The summed E-state index contributed by atoms with van der Waals surface area (Å²) in [5.74, 6) is 0.687. The molecule has 0 bridgehead atoms. The van der Waals surface area contributed by atoms with Gasteiger partial charge >= 0.3 is 0 Å². The topological polar surface area (TPSA) is 29.5 Å². The Morgan fingerprint density at radius 3 is 2.35 bits per heavy atom. The van der Waals surface area contributed by atoms with Crippen molar-refractivity contribution in [2.24, 2.45) is 5.92 Å². The van der Waals surface area contributed by atoms with Gasteiger partial charge in [0.25, 0.3) is 0 Å². The van der Waals surface area contributed by atoms with Gasteiger partial charge in [0.2, 0.25) is 0 Å². The number of aliphatic hydroxyl groups excluding tert-OH is 1. The fourth-order valence-corrected chi connectivity index (χ4v) is 3.66. The van der Waals surface area contributed by atoms with Gasteiger partial charge in [-0.25, -0.2) is 0 Å². The molecule has 100 valence electrons. The first-order valence-electron chi connectivity index (χ1n) is 6.91. The average Bonchev–Trinajstić information content (AvgIpc) is 2.26. The van der Waals surface area contributed by atoms with Gasteiger partial charge in [-0.1, -0.05) is 38.2 Å². The van der Waals surface area contributed by atoms with Gasteiger partial charge in [-0.05, 0) is 32.0 Å². The van der Waals surface area contributed by atoms with E-state index in [1.165, 1.54) is 32.1 Å². The minimum atomic E-state index is -1.60. The number of hydrogen-bond acceptors (Lipinski definition) is 2. The van der Waals surface area contributed by atoms with Gasteiger partial charge in [-0.2, -0.15) is 0 Å². The van der Waals surface area contributed by atoms with Gasteiger partial charge in [0, 0.05) is 0 Å². The summed E-state index contributed by atoms with van der Waals surface area (Å²) in [6, 6.07) is 0. The zero-order chi connectivity index (χ0) is 12.9. The third-order valence-corrected chi connectivity index (χ3v) is 4.38. The van der Waals surface area contributed by atoms with Crippen LogP contribution in [-0.2, 0) is 4.43 Å². The maximum absolute atomic E-state index is 10.3. The third kappa shape index (κ3) is 5.84. The van der Waals surface area contributed by atoms with E-state index < -0.39 is 8.32 Å². The van der Waals surface area contributed by atoms with Crippen LogP contribution in [-0.4, -0.2) is 25.6 Å². The molecular formula is C14H28O2Si. The van der Waals surface area contributed by atoms with Gasteiger partial charge in [0.15, 0.2) is 8.32 Å². The van der Waals surface area contributed by atoms with E-state index in [2.05, 4.69) is 26.2 Å². The van der Waals surface area contributed by atoms with Crippen LogP contribution in [0.2, 0.25) is 19.6 Å². The van der Waals surface area contributed by atoms with E-state index in [1.807, 2.05) is 0 Å². The number of rotatable bonds is 6. The first kappa shape index (κ1) is 14.9. The van der Waals surface area contributed by atoms with Gasteiger partial charge in [0.1, 0.15) is 0 Å². The Kier molecular flexibility index (Phi) is 5.90. The Hall–Kier alpha value is -0.123. The van der Waals surface area contributed by atoms with E-state index in [9.17, 15) is 5.11 Å². The monoisotopic (exact) mass is 256 g/mol. The van der Waals surface area contributed by atoms with Crippen molar-refractivity contribution in [3.8, 4) is 0 Å². The van der Waals surface area contributed by atoms with Gasteiger partial charge < -0.3 is 9.53 Å². The molecule has 0 saturated heterocycles. The fourth-order valence-electron chi connectivity index (χ4n) is 2.59. The lowest BCUT2D eigenvalue weighted by Gasteiger charge is -2.31. The van der Waals surface area contributed by atoms with Crippen LogP contribution < -0.4 is 0 Å². The maximum Gasteiger partial charge on any atom is 0.184 e. The molecule has 1 aliphatic rings. The van der Waals surface area contributed by atoms with E-state index in [0.29, 0.717) is 5.92 Å². The van der Waals surface area contributed by atoms with Crippen molar-refractivity contribution < 1.29 is 9.53 Å². The third-order valence-electron chi connectivity index (χ3n) is 3.40. The quantitative estimate of drug-likeness (QED) is 0.580. The molecular weight excluding hydrogens is 228 g/mol. The molecule has 1 fully saturated rings. The average molecular weight is 256 g/mol. The second kappa shape index (κ2) is 6.71. The zero-order valence-electron chi connectivity index (χ0n) is 11.6. The Balaban J connectivity index is 2.42. The SMILES string of the molecule is C=C[C@H](O[Si](C)(C)C)[C@H](O)CC1CCCCC1. The molecule has 1 saturated carbocycles. The second-order valence-electron chi connectivity index (χ2n) is 6.24. The van der Waals surface area contributed by atoms with Gasteiger partial charge in [-0.3, -0.25) is 0 Å². The van der Waals surface area contributed by atoms with Crippen molar-refractivity contribution >= 4 is 8.32 Å². The molecule has 0 aromatic heterocycles. The first-order valence-corrected chi connectivity index (χ1v) is 10.3. The Bertz CT molecular complexity index is 229. The number of hydrogen-bond donors (Lipinski definition) is 1. The molecule has 0 aliphatic heterocycles. The van der Waals surface area contributed by atoms with Gasteiger partial charge in [0.05, 0.1) is 12.2 Å². The summed E-state index contributed by atoms with van der Waals surface area (Å²) in [6.45, 7) is 10.2. The lowest BCUT2D eigenvalue weighted by atomic mass is 9.84. The predicted molar refractivity (Wildman–Crippen MR) is 75.6 cm³/mol. The van der Waals surface area contributed by atoms with Crippen LogP contribution in [0.3, 0.4) is 0 Å². The maximum atomic E-state index is 10.3. The predicted octanol–water partition coefficient (Wildman–Crippen LogP) is 3.72. The molecule has 17 heavy (non-hydrogen) atoms. The minimum Gasteiger partial charge on any atom is -0.409 e. The van der Waals surface area contributed by atoms with Crippen LogP contribution in [0.5, 0.6) is 0 Å². The summed E-state index contributed by atoms with van der Waals surface area (Å²) >= 11 is 0. The highest BCUT2D eigenvalue weighted by Crippen LogP contribution is 2.28. The molecule has 0 aromatic rings. The molecule has 1 aliphatic carbocycles. The Morgan fingerprint density at radius 2 is 1.88 bits per heavy atom. The van der Waals surface area contributed by atoms with E-state index >= 15 is 0 Å². The molecule has 0 heterocycles. The van der Waals surface area contributed by atoms with Crippen LogP contribution in [0.4, 0.5) is 0 Å². The van der Waals surface area contributed by atoms with Crippen molar-refractivity contribution in [3.05, 3.63) is 12.7 Å². The van der Waals surface area contributed by atoms with Crippen LogP contribution in [0, 0.1) is 5.92 Å². The van der Waals surface area contributed by atoms with Crippen molar-refractivity contribution in [2.45, 2.75) is 70.4 Å². The van der Waals surface area contributed by atoms with Crippen LogP contribution in [0.15, 0.2) is 12.7 Å². The Morgan fingerprint density at radius 1 is 1.29 bits per heavy atom. The molecule has 0 spiro atoms. The summed E-state index contributed by atoms with van der Waals surface area (Å²) in [5.41, 5.74) is 0. The Labute approximate surface area is 107 Å². The summed E-state index contributed by atoms with van der Waals surface area (Å²) in [5, 5.41) is 10.3. The fraction of sp³-hybridized carbons (Fsp3) is 0.857. The van der Waals surface area contributed by atoms with Gasteiger partial charge in [-0.15, -0.1) is 6.58 Å². The van der Waals surface area contributed by atoms with Crippen molar-refractivity contribution in [2.75, 3.05) is 0 Å². The largest absolute Gasteiger partial charge is 0.409 e. The molecule has 2 atom stereocenters. The minimum absolute atomic E-state index is 0.177. The summed E-state index contributed by atoms with van der Waals surface area (Å²) in [4.78, 5) is 0. The van der Waals surface area contributed by atoms with Crippen LogP contribution in [0.25, 0.3) is 0 Å². The summed E-state index contributed by atoms with van der Waals surface area (Å²) in [6.07, 6.45) is 8.65. The highest BCUT2D eigenvalue weighted by molar-refractivity contribution is 6.69. The molecule has 1 rings (SSSR count). The summed E-state index contributed by atoms with van der Waals surface area (Å²) in [7, 11) is -1.60. The van der Waals surface area contributed by atoms with Crippen molar-refractivity contribution in [3.63, 3.8) is 0 Å². The van der Waals surface area contributed by atoms with Crippen LogP contribution in [0.1, 0.15) is 38.5 Å². The molecule has 0 unspecified atom stereocenters. The lowest BCUT2D eigenvalue weighted by molar-refractivity contribution is 0.0372. The summed E-state index contributed by atoms with van der Waals surface area (Å²) < 4.78 is 5.96. The molecule has 0 radical (unpaired) electrons. The lowest BCUT2D eigenvalue weighted by Crippen LogP contribution is -2.38.